The highest BCUT2D eigenvalue weighted by Crippen LogP contribution is 2.43. The van der Waals surface area contributed by atoms with E-state index in [2.05, 4.69) is 176 Å². The fourth-order valence-corrected chi connectivity index (χ4v) is 6.65. The van der Waals surface area contributed by atoms with Crippen LogP contribution in [0, 0.1) is 13.8 Å². The molecule has 0 radical (unpaired) electrons. The van der Waals surface area contributed by atoms with Crippen molar-refractivity contribution in [2.24, 2.45) is 0 Å². The normalized spacial score (nSPS) is 11.6. The van der Waals surface area contributed by atoms with Gasteiger partial charge in [-0.2, -0.15) is 0 Å². The first-order valence-corrected chi connectivity index (χ1v) is 15.8. The molecule has 45 heavy (non-hydrogen) atoms. The SMILES string of the molecule is CC=Cc1c(C)c(C)c(-c2c(CC)c3ccccc3n2-c2cc(-c3ccccc3)nc(-c3ccccc3)c2)n1-c1ccccc1. The summed E-state index contributed by atoms with van der Waals surface area (Å²) in [6.07, 6.45) is 5.29. The summed E-state index contributed by atoms with van der Waals surface area (Å²) in [7, 11) is 0. The number of para-hydroxylation sites is 2. The molecule has 0 saturated carbocycles. The van der Waals surface area contributed by atoms with Gasteiger partial charge < -0.3 is 9.13 Å². The third-order valence-electron chi connectivity index (χ3n) is 8.87. The maximum Gasteiger partial charge on any atom is 0.0744 e. The molecule has 4 aromatic carbocycles. The predicted molar refractivity (Wildman–Crippen MR) is 190 cm³/mol. The summed E-state index contributed by atoms with van der Waals surface area (Å²) in [5, 5.41) is 1.28. The Hall–Kier alpha value is -5.41. The minimum atomic E-state index is 0.905. The summed E-state index contributed by atoms with van der Waals surface area (Å²) >= 11 is 0. The van der Waals surface area contributed by atoms with Crippen molar-refractivity contribution in [2.45, 2.75) is 34.1 Å². The number of aromatic nitrogens is 3. The molecule has 7 aromatic rings. The Balaban J connectivity index is 1.63. The zero-order chi connectivity index (χ0) is 30.9. The van der Waals surface area contributed by atoms with Crippen LogP contribution in [0.25, 0.3) is 62.3 Å². The summed E-state index contributed by atoms with van der Waals surface area (Å²) in [5.41, 5.74) is 15.1. The molecule has 0 unspecified atom stereocenters. The minimum Gasteiger partial charge on any atom is -0.308 e. The van der Waals surface area contributed by atoms with Gasteiger partial charge in [-0.25, -0.2) is 4.98 Å². The van der Waals surface area contributed by atoms with Gasteiger partial charge in [0.05, 0.1) is 34.0 Å². The van der Waals surface area contributed by atoms with Gasteiger partial charge in [-0.3, -0.25) is 0 Å². The number of allylic oxidation sites excluding steroid dienone is 1. The molecule has 3 heteroatoms. The number of hydrogen-bond donors (Lipinski definition) is 0. The highest BCUT2D eigenvalue weighted by Gasteiger charge is 2.27. The molecular weight excluding hydrogens is 546 g/mol. The van der Waals surface area contributed by atoms with E-state index in [1.807, 2.05) is 0 Å². The third kappa shape index (κ3) is 4.91. The molecule has 0 aliphatic heterocycles. The largest absolute Gasteiger partial charge is 0.308 e. The fraction of sp³-hybridized carbons (Fsp3) is 0.119. The van der Waals surface area contributed by atoms with Crippen molar-refractivity contribution in [3.8, 4) is 45.3 Å². The van der Waals surface area contributed by atoms with Crippen molar-refractivity contribution in [3.05, 3.63) is 156 Å². The number of benzene rings is 4. The van der Waals surface area contributed by atoms with Crippen LogP contribution in [0.5, 0.6) is 0 Å². The second-order valence-corrected chi connectivity index (χ2v) is 11.5. The van der Waals surface area contributed by atoms with Crippen LogP contribution >= 0.6 is 0 Å². The van der Waals surface area contributed by atoms with Gasteiger partial charge in [0.15, 0.2) is 0 Å². The zero-order valence-electron chi connectivity index (χ0n) is 26.3. The van der Waals surface area contributed by atoms with Crippen molar-refractivity contribution in [3.63, 3.8) is 0 Å². The molecule has 3 heterocycles. The van der Waals surface area contributed by atoms with E-state index >= 15 is 0 Å². The lowest BCUT2D eigenvalue weighted by molar-refractivity contribution is 1.01. The molecule has 3 aromatic heterocycles. The van der Waals surface area contributed by atoms with E-state index in [9.17, 15) is 0 Å². The van der Waals surface area contributed by atoms with Crippen molar-refractivity contribution in [1.82, 2.24) is 14.1 Å². The smallest absolute Gasteiger partial charge is 0.0744 e. The van der Waals surface area contributed by atoms with Crippen molar-refractivity contribution >= 4 is 17.0 Å². The number of nitrogens with zero attached hydrogens (tertiary/aromatic N) is 3. The maximum atomic E-state index is 5.21. The van der Waals surface area contributed by atoms with Crippen molar-refractivity contribution < 1.29 is 0 Å². The van der Waals surface area contributed by atoms with Gasteiger partial charge in [0.1, 0.15) is 0 Å². The summed E-state index contributed by atoms with van der Waals surface area (Å²) in [6.45, 7) is 8.89. The first-order chi connectivity index (χ1) is 22.1. The Labute approximate surface area is 265 Å². The van der Waals surface area contributed by atoms with E-state index in [4.69, 9.17) is 4.98 Å². The second kappa shape index (κ2) is 11.9. The van der Waals surface area contributed by atoms with Gasteiger partial charge in [0, 0.05) is 27.9 Å². The fourth-order valence-electron chi connectivity index (χ4n) is 6.65. The van der Waals surface area contributed by atoms with Gasteiger partial charge in [0.2, 0.25) is 0 Å². The molecule has 0 amide bonds. The molecule has 0 N–H and O–H groups in total. The van der Waals surface area contributed by atoms with E-state index in [1.165, 1.54) is 44.7 Å². The zero-order valence-corrected chi connectivity index (χ0v) is 26.3. The van der Waals surface area contributed by atoms with Crippen LogP contribution < -0.4 is 0 Å². The first-order valence-electron chi connectivity index (χ1n) is 15.8. The van der Waals surface area contributed by atoms with E-state index in [0.29, 0.717) is 0 Å². The van der Waals surface area contributed by atoms with Crippen LogP contribution in [-0.4, -0.2) is 14.1 Å². The number of hydrogen-bond acceptors (Lipinski definition) is 1. The van der Waals surface area contributed by atoms with Gasteiger partial charge in [-0.15, -0.1) is 0 Å². The Morgan fingerprint density at radius 2 is 1.16 bits per heavy atom. The molecular formula is C42H37N3. The summed E-state index contributed by atoms with van der Waals surface area (Å²) in [5.74, 6) is 0. The number of aryl methyl sites for hydroxylation is 1. The molecule has 0 bridgehead atoms. The van der Waals surface area contributed by atoms with Crippen LogP contribution in [-0.2, 0) is 6.42 Å². The van der Waals surface area contributed by atoms with E-state index in [1.54, 1.807) is 0 Å². The predicted octanol–water partition coefficient (Wildman–Crippen LogP) is 11.0. The lowest BCUT2D eigenvalue weighted by Crippen LogP contribution is -2.06. The molecule has 0 fully saturated rings. The molecule has 0 atom stereocenters. The average Bonchev–Trinajstić information content (AvgIpc) is 3.56. The lowest BCUT2D eigenvalue weighted by atomic mass is 10.0. The molecule has 0 saturated heterocycles. The third-order valence-corrected chi connectivity index (χ3v) is 8.87. The Morgan fingerprint density at radius 1 is 0.600 bits per heavy atom. The van der Waals surface area contributed by atoms with Gasteiger partial charge in [-0.05, 0) is 80.3 Å². The Bertz CT molecular complexity index is 2090. The molecule has 0 spiro atoms. The summed E-state index contributed by atoms with van der Waals surface area (Å²) in [6, 6.07) is 45.1. The minimum absolute atomic E-state index is 0.905. The highest BCUT2D eigenvalue weighted by atomic mass is 15.1. The second-order valence-electron chi connectivity index (χ2n) is 11.5. The van der Waals surface area contributed by atoms with Gasteiger partial charge >= 0.3 is 0 Å². The number of rotatable bonds is 7. The molecule has 7 rings (SSSR count). The standard InChI is InChI=1S/C42H37N3/c1-5-18-39-29(3)30(4)41(44(39)33-23-14-9-15-24-33)42-35(6-2)36-25-16-17-26-40(36)45(42)34-27-37(31-19-10-7-11-20-31)43-38(28-34)32-21-12-8-13-22-32/h5,7-28H,6H2,1-4H3. The Kier molecular flexibility index (Phi) is 7.52. The van der Waals surface area contributed by atoms with Crippen molar-refractivity contribution in [2.75, 3.05) is 0 Å². The lowest BCUT2D eigenvalue weighted by Gasteiger charge is -2.19. The van der Waals surface area contributed by atoms with Crippen LogP contribution in [0.4, 0.5) is 0 Å². The van der Waals surface area contributed by atoms with Crippen LogP contribution in [0.3, 0.4) is 0 Å². The quantitative estimate of drug-likeness (QED) is 0.183. The van der Waals surface area contributed by atoms with Gasteiger partial charge in [0.25, 0.3) is 0 Å². The molecule has 3 nitrogen and oxygen atoms in total. The molecule has 0 aliphatic rings. The maximum absolute atomic E-state index is 5.21. The van der Waals surface area contributed by atoms with Crippen LogP contribution in [0.2, 0.25) is 0 Å². The van der Waals surface area contributed by atoms with E-state index in [0.717, 1.165) is 40.3 Å². The van der Waals surface area contributed by atoms with Crippen molar-refractivity contribution in [1.29, 1.82) is 0 Å². The van der Waals surface area contributed by atoms with Crippen LogP contribution in [0.15, 0.2) is 133 Å². The topological polar surface area (TPSA) is 22.8 Å². The van der Waals surface area contributed by atoms with E-state index < -0.39 is 0 Å². The van der Waals surface area contributed by atoms with E-state index in [-0.39, 0.29) is 0 Å². The molecule has 0 aliphatic carbocycles. The first kappa shape index (κ1) is 28.4. The van der Waals surface area contributed by atoms with Gasteiger partial charge in [-0.1, -0.05) is 110 Å². The average molecular weight is 584 g/mol. The molecule has 220 valence electrons. The summed E-state index contributed by atoms with van der Waals surface area (Å²) < 4.78 is 4.93. The van der Waals surface area contributed by atoms with Crippen LogP contribution in [0.1, 0.15) is 36.2 Å². The number of fused-ring (bicyclic) bond motifs is 1. The highest BCUT2D eigenvalue weighted by molar-refractivity contribution is 5.95. The number of pyridine rings is 1. The Morgan fingerprint density at radius 3 is 1.73 bits per heavy atom. The summed E-state index contributed by atoms with van der Waals surface area (Å²) in [4.78, 5) is 5.21. The monoisotopic (exact) mass is 583 g/mol.